The summed E-state index contributed by atoms with van der Waals surface area (Å²) in [7, 11) is 0. The summed E-state index contributed by atoms with van der Waals surface area (Å²) in [4.78, 5) is 24.3. The molecule has 0 N–H and O–H groups in total. The van der Waals surface area contributed by atoms with E-state index in [0.29, 0.717) is 17.9 Å². The van der Waals surface area contributed by atoms with Crippen LogP contribution in [0.1, 0.15) is 34.6 Å². The van der Waals surface area contributed by atoms with E-state index < -0.39 is 24.1 Å². The normalized spacial score (nSPS) is 20.7. The summed E-state index contributed by atoms with van der Waals surface area (Å²) in [5.41, 5.74) is 8.72. The lowest BCUT2D eigenvalue weighted by Gasteiger charge is -2.53. The van der Waals surface area contributed by atoms with E-state index in [1.165, 1.54) is 6.07 Å². The van der Waals surface area contributed by atoms with Crippen LogP contribution in [0.15, 0.2) is 146 Å². The number of anilines is 8. The summed E-state index contributed by atoms with van der Waals surface area (Å²) < 4.78 is 44.0. The van der Waals surface area contributed by atoms with Crippen molar-refractivity contribution < 1.29 is 13.2 Å². The molecule has 0 bridgehead atoms. The van der Waals surface area contributed by atoms with Crippen LogP contribution >= 0.6 is 0 Å². The highest BCUT2D eigenvalue weighted by molar-refractivity contribution is 5.95. The van der Waals surface area contributed by atoms with E-state index >= 15 is 0 Å². The molecular weight excluding hydrogens is 708 g/mol. The van der Waals surface area contributed by atoms with Gasteiger partial charge in [-0.2, -0.15) is 13.2 Å². The zero-order valence-electron chi connectivity index (χ0n) is 30.3. The van der Waals surface area contributed by atoms with Crippen molar-refractivity contribution in [1.82, 2.24) is 15.0 Å². The number of benzene rings is 5. The molecule has 5 aromatic carbocycles. The van der Waals surface area contributed by atoms with Crippen molar-refractivity contribution >= 4 is 62.5 Å². The Balaban J connectivity index is 1.26. The van der Waals surface area contributed by atoms with Gasteiger partial charge in [0, 0.05) is 40.7 Å². The zero-order chi connectivity index (χ0) is 37.9. The van der Waals surface area contributed by atoms with Crippen LogP contribution in [0.5, 0.6) is 0 Å². The highest BCUT2D eigenvalue weighted by Gasteiger charge is 2.59. The van der Waals surface area contributed by atoms with Gasteiger partial charge in [-0.05, 0) is 78.6 Å². The molecule has 0 amide bonds. The smallest absolute Gasteiger partial charge is 0.316 e. The summed E-state index contributed by atoms with van der Waals surface area (Å²) in [5, 5.41) is 0. The molecule has 4 atom stereocenters. The molecule has 4 aliphatic rings. The highest BCUT2D eigenvalue weighted by atomic mass is 19.4. The first-order chi connectivity index (χ1) is 27.3. The van der Waals surface area contributed by atoms with Crippen LogP contribution in [0.4, 0.5) is 59.1 Å². The summed E-state index contributed by atoms with van der Waals surface area (Å²) in [6, 6.07) is 43.9. The van der Waals surface area contributed by atoms with Gasteiger partial charge in [0.15, 0.2) is 17.5 Å². The van der Waals surface area contributed by atoms with Crippen LogP contribution in [-0.2, 0) is 6.18 Å². The predicted molar refractivity (Wildman–Crippen MR) is 215 cm³/mol. The Morgan fingerprint density at radius 2 is 1.20 bits per heavy atom. The summed E-state index contributed by atoms with van der Waals surface area (Å²) in [6.07, 6.45) is -3.99. The second-order valence-electron chi connectivity index (χ2n) is 14.9. The zero-order valence-corrected chi connectivity index (χ0v) is 30.3. The van der Waals surface area contributed by atoms with Gasteiger partial charge in [0.2, 0.25) is 0 Å². The van der Waals surface area contributed by atoms with E-state index in [9.17, 15) is 13.2 Å². The summed E-state index contributed by atoms with van der Waals surface area (Å²) in [6.45, 7) is 6.72. The second-order valence-corrected chi connectivity index (χ2v) is 14.9. The van der Waals surface area contributed by atoms with Gasteiger partial charge in [0.25, 0.3) is 0 Å². The van der Waals surface area contributed by atoms with E-state index in [1.807, 2.05) is 91.9 Å². The van der Waals surface area contributed by atoms with E-state index in [4.69, 9.17) is 21.5 Å². The summed E-state index contributed by atoms with van der Waals surface area (Å²) >= 11 is 0. The molecule has 4 aliphatic heterocycles. The quantitative estimate of drug-likeness (QED) is 0.175. The lowest BCUT2D eigenvalue weighted by Crippen LogP contribution is -2.60. The molecule has 0 spiro atoms. The third kappa shape index (κ3) is 4.62. The molecule has 6 heterocycles. The number of rotatable bonds is 2. The molecule has 0 fully saturated rings. The van der Waals surface area contributed by atoms with E-state index in [0.717, 1.165) is 73.9 Å². The average Bonchev–Trinajstić information content (AvgIpc) is 3.72. The van der Waals surface area contributed by atoms with E-state index in [2.05, 4.69) is 62.1 Å². The fraction of sp³-hybridized carbons (Fsp3) is 0.152. The number of aromatic nitrogens is 3. The first kappa shape index (κ1) is 32.7. The number of para-hydroxylation sites is 6. The number of allylic oxidation sites excluding steroid dienone is 1. The number of halogens is 3. The molecule has 4 unspecified atom stereocenters. The van der Waals surface area contributed by atoms with Gasteiger partial charge >= 0.3 is 6.18 Å². The number of fused-ring (bicyclic) bond motifs is 15. The maximum atomic E-state index is 14.7. The number of nitrogens with zero attached hydrogens (tertiary/aromatic N) is 7. The molecular formula is C46H34F3N7. The van der Waals surface area contributed by atoms with Crippen molar-refractivity contribution in [1.29, 1.82) is 0 Å². The van der Waals surface area contributed by atoms with Crippen LogP contribution < -0.4 is 19.6 Å². The van der Waals surface area contributed by atoms with Crippen molar-refractivity contribution in [2.75, 3.05) is 19.6 Å². The van der Waals surface area contributed by atoms with E-state index in [1.54, 1.807) is 0 Å². The summed E-state index contributed by atoms with van der Waals surface area (Å²) in [5.74, 6) is 1.45. The minimum absolute atomic E-state index is 0.140. The maximum Gasteiger partial charge on any atom is 0.417 e. The Labute approximate surface area is 321 Å². The van der Waals surface area contributed by atoms with Crippen LogP contribution in [0.25, 0.3) is 16.6 Å². The molecule has 274 valence electrons. The Kier molecular flexibility index (Phi) is 6.96. The standard InChI is InChI=1S/C46H34F3N7/c1-27-14-6-11-21-36(27)54-39-25-29(46(47,48)49)26-50-41(39)55-37-22-12-7-17-31(37)28(2)24-33-32-18-8-13-23-38(32)56-43-42(51-34-19-9-10-20-35(34)52-43)53(30-15-4-3-5-16-30)44(56)40(33)45(54)55/h3-23,25-26,33,40,44-45H,2,24H2,1H3. The minimum atomic E-state index is -4.60. The average molecular weight is 742 g/mol. The Bertz CT molecular complexity index is 2730. The van der Waals surface area contributed by atoms with E-state index in [-0.39, 0.29) is 11.8 Å². The topological polar surface area (TPSA) is 51.6 Å². The van der Waals surface area contributed by atoms with Gasteiger partial charge in [0.1, 0.15) is 12.3 Å². The van der Waals surface area contributed by atoms with Gasteiger partial charge < -0.3 is 19.6 Å². The molecule has 11 rings (SSSR count). The fourth-order valence-electron chi connectivity index (χ4n) is 9.59. The third-order valence-corrected chi connectivity index (χ3v) is 11.9. The molecule has 7 aromatic rings. The molecule has 0 radical (unpaired) electrons. The third-order valence-electron chi connectivity index (χ3n) is 11.9. The predicted octanol–water partition coefficient (Wildman–Crippen LogP) is 11.4. The van der Waals surface area contributed by atoms with Gasteiger partial charge in [0.05, 0.1) is 28.0 Å². The van der Waals surface area contributed by atoms with Gasteiger partial charge in [-0.1, -0.05) is 91.5 Å². The first-order valence-electron chi connectivity index (χ1n) is 18.8. The number of hydrogen-bond donors (Lipinski definition) is 0. The highest BCUT2D eigenvalue weighted by Crippen LogP contribution is 2.63. The lowest BCUT2D eigenvalue weighted by molar-refractivity contribution is -0.137. The molecule has 7 nitrogen and oxygen atoms in total. The van der Waals surface area contributed by atoms with Crippen molar-refractivity contribution in [3.63, 3.8) is 0 Å². The monoisotopic (exact) mass is 741 g/mol. The molecule has 0 saturated heterocycles. The van der Waals surface area contributed by atoms with Crippen LogP contribution in [0.2, 0.25) is 0 Å². The fourth-order valence-corrected chi connectivity index (χ4v) is 9.59. The molecule has 0 saturated carbocycles. The largest absolute Gasteiger partial charge is 0.417 e. The minimum Gasteiger partial charge on any atom is -0.316 e. The molecule has 0 aliphatic carbocycles. The van der Waals surface area contributed by atoms with Crippen LogP contribution in [0.3, 0.4) is 0 Å². The van der Waals surface area contributed by atoms with Crippen LogP contribution in [-0.4, -0.2) is 27.3 Å². The molecule has 10 heteroatoms. The lowest BCUT2D eigenvalue weighted by atomic mass is 9.71. The van der Waals surface area contributed by atoms with Crippen molar-refractivity contribution in [2.24, 2.45) is 5.92 Å². The van der Waals surface area contributed by atoms with Gasteiger partial charge in [-0.15, -0.1) is 0 Å². The Hall–Kier alpha value is -6.68. The number of alkyl halides is 3. The van der Waals surface area contributed by atoms with Crippen molar-refractivity contribution in [3.8, 4) is 0 Å². The number of pyridine rings is 1. The van der Waals surface area contributed by atoms with Crippen molar-refractivity contribution in [2.45, 2.75) is 37.8 Å². The first-order valence-corrected chi connectivity index (χ1v) is 18.8. The van der Waals surface area contributed by atoms with Gasteiger partial charge in [-0.3, -0.25) is 0 Å². The molecule has 2 aromatic heterocycles. The van der Waals surface area contributed by atoms with Crippen LogP contribution in [0, 0.1) is 12.8 Å². The maximum absolute atomic E-state index is 14.7. The van der Waals surface area contributed by atoms with Crippen molar-refractivity contribution in [3.05, 3.63) is 168 Å². The second kappa shape index (κ2) is 11.9. The Morgan fingerprint density at radius 1 is 0.607 bits per heavy atom. The van der Waals surface area contributed by atoms with Gasteiger partial charge in [-0.25, -0.2) is 15.0 Å². The number of hydrogen-bond acceptors (Lipinski definition) is 7. The molecule has 56 heavy (non-hydrogen) atoms. The SMILES string of the molecule is C=C1CC2c3ccccc3N3c4nc5ccccc5nc4N(c4ccccc4)C3C2C2N(c3ccccc3C)c3cc(C(F)(F)F)cnc3N2c2ccccc21. The number of aryl methyl sites for hydroxylation is 1. The Morgan fingerprint density at radius 3 is 1.93 bits per heavy atom.